The number of amides is 2. The molecule has 0 saturated carbocycles. The van der Waals surface area contributed by atoms with Gasteiger partial charge >= 0.3 is 0 Å². The van der Waals surface area contributed by atoms with Crippen molar-refractivity contribution < 1.29 is 9.59 Å². The average Bonchev–Trinajstić information content (AvgIpc) is 3.12. The van der Waals surface area contributed by atoms with Gasteiger partial charge in [0.15, 0.2) is 0 Å². The molecule has 0 atom stereocenters. The number of nitrogens with one attached hydrogen (secondary N) is 2. The van der Waals surface area contributed by atoms with E-state index >= 15 is 0 Å². The lowest BCUT2D eigenvalue weighted by atomic mass is 10.2. The van der Waals surface area contributed by atoms with Crippen LogP contribution in [-0.2, 0) is 22.6 Å². The molecule has 2 aromatic carbocycles. The van der Waals surface area contributed by atoms with Gasteiger partial charge in [-0.1, -0.05) is 30.3 Å². The normalized spacial score (nSPS) is 10.3. The number of aromatic nitrogens is 1. The fourth-order valence-corrected chi connectivity index (χ4v) is 3.80. The molecule has 29 heavy (non-hydrogen) atoms. The molecular weight excluding hydrogens is 386 g/mol. The van der Waals surface area contributed by atoms with Gasteiger partial charge in [-0.15, -0.1) is 11.3 Å². The molecule has 3 aromatic rings. The zero-order valence-electron chi connectivity index (χ0n) is 16.0. The maximum Gasteiger partial charge on any atom is 0.240 e. The second-order valence-corrected chi connectivity index (χ2v) is 7.60. The Labute approximate surface area is 173 Å². The Kier molecular flexibility index (Phi) is 6.76. The number of anilines is 1. The number of rotatable bonds is 8. The van der Waals surface area contributed by atoms with E-state index in [9.17, 15) is 9.59 Å². The van der Waals surface area contributed by atoms with E-state index in [1.165, 1.54) is 16.9 Å². The summed E-state index contributed by atoms with van der Waals surface area (Å²) >= 11 is 1.47. The van der Waals surface area contributed by atoms with Crippen LogP contribution in [0.1, 0.15) is 10.6 Å². The zero-order chi connectivity index (χ0) is 20.6. The second kappa shape index (κ2) is 9.66. The average molecular weight is 407 g/mol. The van der Waals surface area contributed by atoms with Crippen molar-refractivity contribution in [3.8, 4) is 6.07 Å². The number of fused-ring (bicyclic) bond motifs is 1. The zero-order valence-corrected chi connectivity index (χ0v) is 16.8. The number of carbonyl (C=O) groups is 2. The summed E-state index contributed by atoms with van der Waals surface area (Å²) in [4.78, 5) is 30.2. The molecule has 2 amide bonds. The third-order valence-corrected chi connectivity index (χ3v) is 5.26. The molecule has 0 aliphatic heterocycles. The van der Waals surface area contributed by atoms with Crippen LogP contribution in [0.4, 0.5) is 5.69 Å². The third kappa shape index (κ3) is 5.77. The largest absolute Gasteiger partial charge is 0.370 e. The van der Waals surface area contributed by atoms with E-state index in [1.807, 2.05) is 43.4 Å². The Bertz CT molecular complexity index is 1040. The van der Waals surface area contributed by atoms with Gasteiger partial charge in [-0.05, 0) is 23.8 Å². The van der Waals surface area contributed by atoms with Crippen LogP contribution in [0.2, 0.25) is 0 Å². The molecule has 8 heteroatoms. The van der Waals surface area contributed by atoms with Crippen LogP contribution in [0.3, 0.4) is 0 Å². The van der Waals surface area contributed by atoms with Gasteiger partial charge in [-0.2, -0.15) is 5.26 Å². The molecule has 2 N–H and O–H groups in total. The molecule has 0 spiro atoms. The summed E-state index contributed by atoms with van der Waals surface area (Å²) in [6, 6.07) is 18.1. The van der Waals surface area contributed by atoms with Crippen LogP contribution < -0.4 is 15.5 Å². The summed E-state index contributed by atoms with van der Waals surface area (Å²) in [6.07, 6.45) is 0.111. The minimum absolute atomic E-state index is 0.0758. The maximum absolute atomic E-state index is 12.0. The molecule has 0 aliphatic carbocycles. The van der Waals surface area contributed by atoms with Gasteiger partial charge in [-0.25, -0.2) is 4.98 Å². The van der Waals surface area contributed by atoms with Crippen LogP contribution in [0.15, 0.2) is 48.5 Å². The molecule has 0 bridgehead atoms. The van der Waals surface area contributed by atoms with Crippen LogP contribution >= 0.6 is 11.3 Å². The van der Waals surface area contributed by atoms with Crippen molar-refractivity contribution in [2.45, 2.75) is 13.0 Å². The van der Waals surface area contributed by atoms with E-state index in [0.29, 0.717) is 5.01 Å². The lowest BCUT2D eigenvalue weighted by molar-refractivity contribution is -0.125. The fourth-order valence-electron chi connectivity index (χ4n) is 2.80. The van der Waals surface area contributed by atoms with Gasteiger partial charge in [0.25, 0.3) is 0 Å². The minimum atomic E-state index is -0.393. The van der Waals surface area contributed by atoms with Crippen molar-refractivity contribution >= 4 is 39.1 Å². The summed E-state index contributed by atoms with van der Waals surface area (Å²) in [5.41, 5.74) is 3.16. The molecule has 0 aliphatic rings. The van der Waals surface area contributed by atoms with Crippen molar-refractivity contribution in [2.24, 2.45) is 0 Å². The third-order valence-electron chi connectivity index (χ3n) is 4.24. The molecule has 148 valence electrons. The number of benzene rings is 2. The summed E-state index contributed by atoms with van der Waals surface area (Å²) < 4.78 is 1.01. The van der Waals surface area contributed by atoms with E-state index in [0.717, 1.165) is 22.4 Å². The number of thiazole rings is 1. The first kappa shape index (κ1) is 20.3. The Morgan fingerprint density at radius 2 is 1.93 bits per heavy atom. The first-order chi connectivity index (χ1) is 14.0. The van der Waals surface area contributed by atoms with Gasteiger partial charge in [0.2, 0.25) is 11.8 Å². The first-order valence-corrected chi connectivity index (χ1v) is 9.91. The summed E-state index contributed by atoms with van der Waals surface area (Å²) in [7, 11) is 2.04. The van der Waals surface area contributed by atoms with Crippen LogP contribution in [0.5, 0.6) is 0 Å². The molecule has 3 rings (SSSR count). The molecular formula is C21H21N5O2S. The highest BCUT2D eigenvalue weighted by Gasteiger charge is 2.12. The van der Waals surface area contributed by atoms with E-state index in [4.69, 9.17) is 5.26 Å². The van der Waals surface area contributed by atoms with Crippen molar-refractivity contribution in [1.29, 1.82) is 5.26 Å². The van der Waals surface area contributed by atoms with Crippen molar-refractivity contribution in [2.75, 3.05) is 25.0 Å². The highest BCUT2D eigenvalue weighted by molar-refractivity contribution is 7.18. The van der Waals surface area contributed by atoms with E-state index < -0.39 is 5.91 Å². The van der Waals surface area contributed by atoms with Gasteiger partial charge in [0.05, 0.1) is 29.3 Å². The highest BCUT2D eigenvalue weighted by Crippen LogP contribution is 2.27. The Balaban J connectivity index is 1.61. The van der Waals surface area contributed by atoms with Gasteiger partial charge < -0.3 is 15.5 Å². The second-order valence-electron chi connectivity index (χ2n) is 6.49. The van der Waals surface area contributed by atoms with Crippen molar-refractivity contribution in [1.82, 2.24) is 15.6 Å². The SMILES string of the molecule is CN(Cc1ccccc1)c1ccc2nc(CC(=O)NCC(=O)NCC#N)sc2c1. The first-order valence-electron chi connectivity index (χ1n) is 9.10. The monoisotopic (exact) mass is 407 g/mol. The number of nitrogens with zero attached hydrogens (tertiary/aromatic N) is 3. The van der Waals surface area contributed by atoms with Gasteiger partial charge in [0, 0.05) is 19.3 Å². The van der Waals surface area contributed by atoms with Crippen LogP contribution in [-0.4, -0.2) is 36.9 Å². The van der Waals surface area contributed by atoms with Crippen LogP contribution in [0, 0.1) is 11.3 Å². The maximum atomic E-state index is 12.0. The number of nitriles is 1. The standard InChI is InChI=1S/C21H21N5O2S/c1-26(14-15-5-3-2-4-6-15)16-7-8-17-18(11-16)29-21(25-17)12-19(27)24-13-20(28)23-10-9-22/h2-8,11H,10,12-14H2,1H3,(H,23,28)(H,24,27). The minimum Gasteiger partial charge on any atom is -0.370 e. The fraction of sp³-hybridized carbons (Fsp3) is 0.238. The number of hydrogen-bond donors (Lipinski definition) is 2. The number of carbonyl (C=O) groups excluding carboxylic acids is 2. The molecule has 0 unspecified atom stereocenters. The Hall–Kier alpha value is -3.44. The summed E-state index contributed by atoms with van der Waals surface area (Å²) in [6.45, 7) is 0.571. The molecule has 0 fully saturated rings. The summed E-state index contributed by atoms with van der Waals surface area (Å²) in [5.74, 6) is -0.673. The van der Waals surface area contributed by atoms with Crippen molar-refractivity contribution in [3.05, 3.63) is 59.1 Å². The molecule has 1 heterocycles. The highest BCUT2D eigenvalue weighted by atomic mass is 32.1. The lowest BCUT2D eigenvalue weighted by Gasteiger charge is -2.19. The predicted molar refractivity (Wildman–Crippen MR) is 114 cm³/mol. The number of hydrogen-bond acceptors (Lipinski definition) is 6. The molecule has 1 aromatic heterocycles. The smallest absolute Gasteiger partial charge is 0.240 e. The van der Waals surface area contributed by atoms with E-state index in [2.05, 4.69) is 38.7 Å². The topological polar surface area (TPSA) is 98.1 Å². The van der Waals surface area contributed by atoms with Gasteiger partial charge in [0.1, 0.15) is 11.6 Å². The quantitative estimate of drug-likeness (QED) is 0.558. The Morgan fingerprint density at radius 1 is 1.14 bits per heavy atom. The van der Waals surface area contributed by atoms with E-state index in [-0.39, 0.29) is 25.4 Å². The van der Waals surface area contributed by atoms with Crippen LogP contribution in [0.25, 0.3) is 10.2 Å². The predicted octanol–water partition coefficient (Wildman–Crippen LogP) is 2.23. The van der Waals surface area contributed by atoms with E-state index in [1.54, 1.807) is 0 Å². The molecule has 7 nitrogen and oxygen atoms in total. The van der Waals surface area contributed by atoms with Gasteiger partial charge in [-0.3, -0.25) is 9.59 Å². The van der Waals surface area contributed by atoms with Crippen molar-refractivity contribution in [3.63, 3.8) is 0 Å². The summed E-state index contributed by atoms with van der Waals surface area (Å²) in [5, 5.41) is 14.0. The lowest BCUT2D eigenvalue weighted by Crippen LogP contribution is -2.37. The Morgan fingerprint density at radius 3 is 2.69 bits per heavy atom. The molecule has 0 saturated heterocycles. The molecule has 0 radical (unpaired) electrons.